The molecule has 1 N–H and O–H groups in total. The first-order valence-corrected chi connectivity index (χ1v) is 9.21. The minimum Gasteiger partial charge on any atom is -0.481 e. The maximum Gasteiger partial charge on any atom is 0.261 e. The zero-order valence-electron chi connectivity index (χ0n) is 15.4. The molecule has 0 aliphatic heterocycles. The van der Waals surface area contributed by atoms with Gasteiger partial charge in [-0.25, -0.2) is 0 Å². The van der Waals surface area contributed by atoms with Crippen LogP contribution in [0, 0.1) is 0 Å². The number of hydrogen-bond acceptors (Lipinski definition) is 2. The summed E-state index contributed by atoms with van der Waals surface area (Å²) >= 11 is 0. The summed E-state index contributed by atoms with van der Waals surface area (Å²) in [7, 11) is 0. The van der Waals surface area contributed by atoms with Crippen LogP contribution in [0.25, 0.3) is 10.8 Å². The molecule has 0 heterocycles. The number of benzene rings is 3. The fourth-order valence-corrected chi connectivity index (χ4v) is 3.03. The van der Waals surface area contributed by atoms with Crippen molar-refractivity contribution in [2.45, 2.75) is 39.3 Å². The number of aryl methyl sites for hydroxylation is 1. The molecule has 0 spiro atoms. The van der Waals surface area contributed by atoms with Gasteiger partial charge in [0.15, 0.2) is 6.10 Å². The van der Waals surface area contributed by atoms with Crippen molar-refractivity contribution in [2.75, 3.05) is 0 Å². The highest BCUT2D eigenvalue weighted by Crippen LogP contribution is 2.19. The number of fused-ring (bicyclic) bond motifs is 1. The minimum absolute atomic E-state index is 0.0833. The van der Waals surface area contributed by atoms with E-state index in [1.165, 1.54) is 16.3 Å². The van der Waals surface area contributed by atoms with Crippen molar-refractivity contribution in [3.05, 3.63) is 77.9 Å². The fraction of sp³-hybridized carbons (Fsp3) is 0.261. The number of ether oxygens (including phenoxy) is 1. The predicted octanol–water partition coefficient (Wildman–Crippen LogP) is 4.88. The smallest absolute Gasteiger partial charge is 0.261 e. The average molecular weight is 347 g/mol. The number of amides is 1. The third kappa shape index (κ3) is 4.23. The molecule has 0 saturated carbocycles. The first-order valence-electron chi connectivity index (χ1n) is 9.21. The van der Waals surface area contributed by atoms with Gasteiger partial charge in [0, 0.05) is 6.54 Å². The van der Waals surface area contributed by atoms with Crippen LogP contribution in [0.15, 0.2) is 66.7 Å². The topological polar surface area (TPSA) is 38.3 Å². The molecule has 0 saturated heterocycles. The molecule has 3 rings (SSSR count). The van der Waals surface area contributed by atoms with Crippen molar-refractivity contribution in [1.29, 1.82) is 0 Å². The third-order valence-corrected chi connectivity index (χ3v) is 4.61. The third-order valence-electron chi connectivity index (χ3n) is 4.61. The minimum atomic E-state index is -0.488. The van der Waals surface area contributed by atoms with Gasteiger partial charge >= 0.3 is 0 Å². The van der Waals surface area contributed by atoms with Crippen molar-refractivity contribution < 1.29 is 9.53 Å². The van der Waals surface area contributed by atoms with Crippen LogP contribution in [0.3, 0.4) is 0 Å². The summed E-state index contributed by atoms with van der Waals surface area (Å²) < 4.78 is 5.89. The fourth-order valence-electron chi connectivity index (χ4n) is 3.03. The summed E-state index contributed by atoms with van der Waals surface area (Å²) in [4.78, 5) is 12.6. The molecule has 0 aromatic heterocycles. The summed E-state index contributed by atoms with van der Waals surface area (Å²) in [6.45, 7) is 4.57. The van der Waals surface area contributed by atoms with E-state index >= 15 is 0 Å². The van der Waals surface area contributed by atoms with Crippen LogP contribution in [-0.2, 0) is 17.8 Å². The maximum absolute atomic E-state index is 12.6. The Morgan fingerprint density at radius 3 is 2.42 bits per heavy atom. The van der Waals surface area contributed by atoms with E-state index in [1.54, 1.807) is 0 Å². The lowest BCUT2D eigenvalue weighted by Crippen LogP contribution is -2.37. The van der Waals surface area contributed by atoms with E-state index in [-0.39, 0.29) is 5.91 Å². The second-order valence-corrected chi connectivity index (χ2v) is 6.37. The molecule has 0 unspecified atom stereocenters. The standard InChI is InChI=1S/C23H25NO2/c1-3-17-12-14-20(15-13-17)26-22(4-2)23(25)24-16-19-10-7-9-18-8-5-6-11-21(18)19/h5-15,22H,3-4,16H2,1-2H3,(H,24,25)/t22-/m1/s1. The summed E-state index contributed by atoms with van der Waals surface area (Å²) in [5.41, 5.74) is 2.37. The van der Waals surface area contributed by atoms with Crippen LogP contribution in [0.5, 0.6) is 5.75 Å². The number of nitrogens with one attached hydrogen (secondary N) is 1. The Morgan fingerprint density at radius 2 is 1.69 bits per heavy atom. The first kappa shape index (κ1) is 18.0. The van der Waals surface area contributed by atoms with Gasteiger partial charge in [-0.2, -0.15) is 0 Å². The Hall–Kier alpha value is -2.81. The van der Waals surface area contributed by atoms with Crippen LogP contribution in [0.4, 0.5) is 0 Å². The number of carbonyl (C=O) groups excluding carboxylic acids is 1. The Kier molecular flexibility index (Phi) is 5.90. The van der Waals surface area contributed by atoms with E-state index in [2.05, 4.69) is 30.4 Å². The van der Waals surface area contributed by atoms with E-state index in [0.717, 1.165) is 17.7 Å². The number of hydrogen-bond donors (Lipinski definition) is 1. The van der Waals surface area contributed by atoms with Crippen molar-refractivity contribution in [1.82, 2.24) is 5.32 Å². The molecule has 1 amide bonds. The molecule has 0 fully saturated rings. The molecule has 0 aliphatic rings. The summed E-state index contributed by atoms with van der Waals surface area (Å²) in [6, 6.07) is 22.3. The highest BCUT2D eigenvalue weighted by Gasteiger charge is 2.18. The average Bonchev–Trinajstić information content (AvgIpc) is 2.70. The maximum atomic E-state index is 12.6. The first-order chi connectivity index (χ1) is 12.7. The summed E-state index contributed by atoms with van der Waals surface area (Å²) in [5, 5.41) is 5.37. The quantitative estimate of drug-likeness (QED) is 0.662. The predicted molar refractivity (Wildman–Crippen MR) is 106 cm³/mol. The lowest BCUT2D eigenvalue weighted by Gasteiger charge is -2.18. The SMILES string of the molecule is CCc1ccc(O[C@H](CC)C(=O)NCc2cccc3ccccc23)cc1. The van der Waals surface area contributed by atoms with Crippen LogP contribution < -0.4 is 10.1 Å². The van der Waals surface area contributed by atoms with Crippen molar-refractivity contribution >= 4 is 16.7 Å². The molecule has 3 aromatic carbocycles. The van der Waals surface area contributed by atoms with Gasteiger partial charge in [0.2, 0.25) is 0 Å². The van der Waals surface area contributed by atoms with E-state index in [1.807, 2.05) is 55.5 Å². The van der Waals surface area contributed by atoms with Crippen molar-refractivity contribution in [2.24, 2.45) is 0 Å². The highest BCUT2D eigenvalue weighted by molar-refractivity contribution is 5.86. The highest BCUT2D eigenvalue weighted by atomic mass is 16.5. The monoisotopic (exact) mass is 347 g/mol. The second kappa shape index (κ2) is 8.52. The molecule has 0 aliphatic carbocycles. The van der Waals surface area contributed by atoms with E-state index < -0.39 is 6.10 Å². The molecule has 3 heteroatoms. The lowest BCUT2D eigenvalue weighted by atomic mass is 10.0. The Labute approximate surface area is 155 Å². The van der Waals surface area contributed by atoms with Gasteiger partial charge < -0.3 is 10.1 Å². The number of carbonyl (C=O) groups is 1. The molecule has 1 atom stereocenters. The van der Waals surface area contributed by atoms with Gasteiger partial charge in [-0.1, -0.05) is 68.4 Å². The molecule has 3 aromatic rings. The largest absolute Gasteiger partial charge is 0.481 e. The molecular formula is C23H25NO2. The molecule has 134 valence electrons. The van der Waals surface area contributed by atoms with Crippen molar-refractivity contribution in [3.8, 4) is 5.75 Å². The molecule has 3 nitrogen and oxygen atoms in total. The molecular weight excluding hydrogens is 322 g/mol. The van der Waals surface area contributed by atoms with Crippen LogP contribution in [0.2, 0.25) is 0 Å². The summed E-state index contributed by atoms with van der Waals surface area (Å²) in [5.74, 6) is 0.648. The Morgan fingerprint density at radius 1 is 0.962 bits per heavy atom. The van der Waals surface area contributed by atoms with E-state index in [0.29, 0.717) is 13.0 Å². The zero-order chi connectivity index (χ0) is 18.4. The van der Waals surface area contributed by atoms with Gasteiger partial charge in [-0.15, -0.1) is 0 Å². The van der Waals surface area contributed by atoms with Crippen molar-refractivity contribution in [3.63, 3.8) is 0 Å². The van der Waals surface area contributed by atoms with Crippen LogP contribution in [0.1, 0.15) is 31.4 Å². The van der Waals surface area contributed by atoms with Gasteiger partial charge in [-0.3, -0.25) is 4.79 Å². The van der Waals surface area contributed by atoms with Gasteiger partial charge in [0.1, 0.15) is 5.75 Å². The zero-order valence-corrected chi connectivity index (χ0v) is 15.4. The molecule has 26 heavy (non-hydrogen) atoms. The van der Waals surface area contributed by atoms with E-state index in [4.69, 9.17) is 4.74 Å². The van der Waals surface area contributed by atoms with Crippen LogP contribution >= 0.6 is 0 Å². The van der Waals surface area contributed by atoms with Gasteiger partial charge in [0.05, 0.1) is 0 Å². The molecule has 0 bridgehead atoms. The summed E-state index contributed by atoms with van der Waals surface area (Å²) in [6.07, 6.45) is 1.12. The Bertz CT molecular complexity index is 866. The van der Waals surface area contributed by atoms with E-state index in [9.17, 15) is 4.79 Å². The Balaban J connectivity index is 1.65. The molecule has 0 radical (unpaired) electrons. The normalized spacial score (nSPS) is 11.9. The number of rotatable bonds is 7. The van der Waals surface area contributed by atoms with Gasteiger partial charge in [0.25, 0.3) is 5.91 Å². The van der Waals surface area contributed by atoms with Gasteiger partial charge in [-0.05, 0) is 46.9 Å². The second-order valence-electron chi connectivity index (χ2n) is 6.37. The lowest BCUT2D eigenvalue weighted by molar-refractivity contribution is -0.128. The van der Waals surface area contributed by atoms with Crippen LogP contribution in [-0.4, -0.2) is 12.0 Å².